The maximum atomic E-state index is 2.44. The third-order valence-corrected chi connectivity index (χ3v) is 11.2. The molecule has 1 heteroatoms. The van der Waals surface area contributed by atoms with Crippen LogP contribution in [0.1, 0.15) is 22.3 Å². The van der Waals surface area contributed by atoms with Gasteiger partial charge in [0.2, 0.25) is 0 Å². The molecular weight excluding hydrogens is 651 g/mol. The highest BCUT2D eigenvalue weighted by Crippen LogP contribution is 2.57. The van der Waals surface area contributed by atoms with Crippen molar-refractivity contribution < 1.29 is 0 Å². The summed E-state index contributed by atoms with van der Waals surface area (Å²) in [6.45, 7) is 0. The van der Waals surface area contributed by atoms with Gasteiger partial charge in [0.1, 0.15) is 0 Å². The van der Waals surface area contributed by atoms with Crippen molar-refractivity contribution in [3.63, 3.8) is 0 Å². The van der Waals surface area contributed by atoms with Crippen molar-refractivity contribution >= 4 is 27.8 Å². The highest BCUT2D eigenvalue weighted by Gasteiger charge is 2.46. The smallest absolute Gasteiger partial charge is 0.0714 e. The first-order valence-electron chi connectivity index (χ1n) is 18.7. The van der Waals surface area contributed by atoms with E-state index in [0.29, 0.717) is 0 Å². The van der Waals surface area contributed by atoms with Gasteiger partial charge in [-0.15, -0.1) is 0 Å². The lowest BCUT2D eigenvalue weighted by molar-refractivity contribution is 0.768. The topological polar surface area (TPSA) is 3.24 Å². The molecule has 54 heavy (non-hydrogen) atoms. The summed E-state index contributed by atoms with van der Waals surface area (Å²) >= 11 is 0. The second-order valence-electron chi connectivity index (χ2n) is 14.1. The number of benzene rings is 9. The van der Waals surface area contributed by atoms with Gasteiger partial charge in [-0.3, -0.25) is 0 Å². The third kappa shape index (κ3) is 5.17. The molecule has 1 aliphatic rings. The Labute approximate surface area is 317 Å². The monoisotopic (exact) mass is 687 g/mol. The molecule has 0 aromatic heterocycles. The molecule has 1 nitrogen and oxygen atoms in total. The molecule has 0 aliphatic heterocycles. The van der Waals surface area contributed by atoms with Crippen LogP contribution in [0.15, 0.2) is 224 Å². The molecule has 9 aromatic carbocycles. The minimum Gasteiger partial charge on any atom is -0.310 e. The van der Waals surface area contributed by atoms with E-state index in [2.05, 4.69) is 229 Å². The second-order valence-corrected chi connectivity index (χ2v) is 14.1. The number of rotatable bonds is 7. The molecule has 0 N–H and O–H groups in total. The van der Waals surface area contributed by atoms with E-state index in [1.807, 2.05) is 0 Å². The number of hydrogen-bond acceptors (Lipinski definition) is 1. The molecule has 0 spiro atoms. The molecule has 0 atom stereocenters. The van der Waals surface area contributed by atoms with Gasteiger partial charge < -0.3 is 4.90 Å². The zero-order chi connectivity index (χ0) is 35.9. The average Bonchev–Trinajstić information content (AvgIpc) is 3.55. The summed E-state index contributed by atoms with van der Waals surface area (Å²) in [4.78, 5) is 2.41. The van der Waals surface area contributed by atoms with E-state index in [-0.39, 0.29) is 0 Å². The lowest BCUT2D eigenvalue weighted by Gasteiger charge is -2.35. The maximum Gasteiger partial charge on any atom is 0.0714 e. The highest BCUT2D eigenvalue weighted by molar-refractivity contribution is 5.97. The van der Waals surface area contributed by atoms with Crippen LogP contribution in [-0.4, -0.2) is 0 Å². The number of anilines is 3. The second kappa shape index (κ2) is 13.2. The van der Waals surface area contributed by atoms with Gasteiger partial charge in [-0.05, 0) is 103 Å². The fourth-order valence-electron chi connectivity index (χ4n) is 8.72. The Bertz CT molecular complexity index is 2690. The van der Waals surface area contributed by atoms with Crippen LogP contribution in [0.4, 0.5) is 17.1 Å². The lowest BCUT2D eigenvalue weighted by Crippen LogP contribution is -2.28. The molecular formula is C53H37N. The van der Waals surface area contributed by atoms with Crippen LogP contribution in [0.3, 0.4) is 0 Å². The Morgan fingerprint density at radius 1 is 0.296 bits per heavy atom. The standard InChI is InChI=1S/C53H37N/c1-4-15-38(16-5-1)39-27-31-44(32-28-39)54(45-33-29-41(30-34-45)48-25-14-18-40-17-10-11-23-47(40)48)46-35-36-50-49-24-12-13-26-51(49)53(52(50)37-46,42-19-6-2-7-20-42)43-21-8-3-9-22-43/h1-37H. The van der Waals surface area contributed by atoms with Gasteiger partial charge in [0.15, 0.2) is 0 Å². The van der Waals surface area contributed by atoms with E-state index in [9.17, 15) is 0 Å². The van der Waals surface area contributed by atoms with Gasteiger partial charge in [-0.25, -0.2) is 0 Å². The SMILES string of the molecule is c1ccc(-c2ccc(N(c3ccc(-c4cccc5ccccc45)cc3)c3ccc4c(c3)C(c3ccccc3)(c3ccccc3)c3ccccc3-4)cc2)cc1. The maximum absolute atomic E-state index is 2.44. The molecule has 0 saturated carbocycles. The van der Waals surface area contributed by atoms with Crippen LogP contribution in [0.5, 0.6) is 0 Å². The summed E-state index contributed by atoms with van der Waals surface area (Å²) < 4.78 is 0. The van der Waals surface area contributed by atoms with Gasteiger partial charge in [0.05, 0.1) is 5.41 Å². The molecule has 0 unspecified atom stereocenters. The fraction of sp³-hybridized carbons (Fsp3) is 0.0189. The van der Waals surface area contributed by atoms with E-state index in [1.165, 1.54) is 66.4 Å². The van der Waals surface area contributed by atoms with Crippen LogP contribution in [0, 0.1) is 0 Å². The van der Waals surface area contributed by atoms with Crippen molar-refractivity contribution in [1.82, 2.24) is 0 Å². The van der Waals surface area contributed by atoms with E-state index in [0.717, 1.165) is 17.1 Å². The minimum atomic E-state index is -0.481. The van der Waals surface area contributed by atoms with E-state index in [1.54, 1.807) is 0 Å². The van der Waals surface area contributed by atoms with E-state index >= 15 is 0 Å². The third-order valence-electron chi connectivity index (χ3n) is 11.2. The Kier molecular flexibility index (Phi) is 7.78. The molecule has 254 valence electrons. The van der Waals surface area contributed by atoms with Crippen LogP contribution >= 0.6 is 0 Å². The van der Waals surface area contributed by atoms with Gasteiger partial charge in [0, 0.05) is 17.1 Å². The van der Waals surface area contributed by atoms with Crippen LogP contribution in [-0.2, 0) is 5.41 Å². The first kappa shape index (κ1) is 31.7. The Morgan fingerprint density at radius 2 is 0.778 bits per heavy atom. The normalized spacial score (nSPS) is 12.6. The number of hydrogen-bond donors (Lipinski definition) is 0. The van der Waals surface area contributed by atoms with Crippen molar-refractivity contribution in [3.05, 3.63) is 247 Å². The molecule has 9 aromatic rings. The molecule has 0 bridgehead atoms. The van der Waals surface area contributed by atoms with Crippen molar-refractivity contribution in [1.29, 1.82) is 0 Å². The van der Waals surface area contributed by atoms with Gasteiger partial charge in [-0.2, -0.15) is 0 Å². The Hall–Kier alpha value is -6.96. The molecule has 1 aliphatic carbocycles. The van der Waals surface area contributed by atoms with Crippen LogP contribution in [0.2, 0.25) is 0 Å². The summed E-state index contributed by atoms with van der Waals surface area (Å²) in [6, 6.07) is 82.0. The summed E-state index contributed by atoms with van der Waals surface area (Å²) in [5.74, 6) is 0. The van der Waals surface area contributed by atoms with Crippen molar-refractivity contribution in [2.75, 3.05) is 4.90 Å². The summed E-state index contributed by atoms with van der Waals surface area (Å²) in [7, 11) is 0. The first-order chi connectivity index (χ1) is 26.8. The minimum absolute atomic E-state index is 0.481. The predicted octanol–water partition coefficient (Wildman–Crippen LogP) is 14.0. The molecule has 0 radical (unpaired) electrons. The van der Waals surface area contributed by atoms with Crippen LogP contribution < -0.4 is 4.90 Å². The molecule has 0 heterocycles. The summed E-state index contributed by atoms with van der Waals surface area (Å²) in [5, 5.41) is 2.51. The van der Waals surface area contributed by atoms with E-state index < -0.39 is 5.41 Å². The molecule has 10 rings (SSSR count). The zero-order valence-electron chi connectivity index (χ0n) is 29.8. The Balaban J connectivity index is 1.17. The number of nitrogens with zero attached hydrogens (tertiary/aromatic N) is 1. The summed E-state index contributed by atoms with van der Waals surface area (Å²) in [6.07, 6.45) is 0. The van der Waals surface area contributed by atoms with Gasteiger partial charge >= 0.3 is 0 Å². The quantitative estimate of drug-likeness (QED) is 0.161. The molecule has 0 saturated heterocycles. The average molecular weight is 688 g/mol. The zero-order valence-corrected chi connectivity index (χ0v) is 29.8. The van der Waals surface area contributed by atoms with Crippen molar-refractivity contribution in [3.8, 4) is 33.4 Å². The Morgan fingerprint density at radius 3 is 1.46 bits per heavy atom. The lowest BCUT2D eigenvalue weighted by atomic mass is 9.67. The van der Waals surface area contributed by atoms with E-state index in [4.69, 9.17) is 0 Å². The van der Waals surface area contributed by atoms with Crippen LogP contribution in [0.25, 0.3) is 44.2 Å². The van der Waals surface area contributed by atoms with Gasteiger partial charge in [-0.1, -0.05) is 188 Å². The van der Waals surface area contributed by atoms with Gasteiger partial charge in [0.25, 0.3) is 0 Å². The summed E-state index contributed by atoms with van der Waals surface area (Å²) in [5.41, 5.74) is 15.4. The largest absolute Gasteiger partial charge is 0.310 e. The first-order valence-corrected chi connectivity index (χ1v) is 18.7. The molecule has 0 fully saturated rings. The number of fused-ring (bicyclic) bond motifs is 4. The fourth-order valence-corrected chi connectivity index (χ4v) is 8.72. The van der Waals surface area contributed by atoms with Crippen molar-refractivity contribution in [2.45, 2.75) is 5.41 Å². The molecule has 0 amide bonds. The predicted molar refractivity (Wildman–Crippen MR) is 227 cm³/mol. The highest BCUT2D eigenvalue weighted by atomic mass is 15.1. The van der Waals surface area contributed by atoms with Crippen molar-refractivity contribution in [2.24, 2.45) is 0 Å².